The van der Waals surface area contributed by atoms with Crippen LogP contribution in [0.1, 0.15) is 45.2 Å². The lowest BCUT2D eigenvalue weighted by Crippen LogP contribution is -2.34. The highest BCUT2D eigenvalue weighted by atomic mass is 32.2. The van der Waals surface area contributed by atoms with Crippen molar-refractivity contribution in [1.29, 1.82) is 5.26 Å². The molecule has 3 atom stereocenters. The standard InChI is InChI=1S/C37H34N4O4S2/c38-21-31-28-18-19-41(22-24-10-3-1-4-11-24)23-32(28)47-36(31)40-35(43)33(25-12-5-2-6-13-25)46-27-15-9-14-26(20-27)39-34(42)29-16-7-8-17-30(29)37(44)45/h1-15,20,29-30,33H,16-19,22-23H2,(H,39,42)(H,40,43)(H,44,45). The molecule has 2 heterocycles. The molecule has 6 rings (SSSR count). The average molecular weight is 663 g/mol. The number of thioether (sulfide) groups is 1. The summed E-state index contributed by atoms with van der Waals surface area (Å²) in [6, 6.07) is 29.4. The Bertz CT molecular complexity index is 1830. The Balaban J connectivity index is 1.19. The molecule has 3 N–H and O–H groups in total. The van der Waals surface area contributed by atoms with Gasteiger partial charge in [-0.25, -0.2) is 0 Å². The molecule has 0 spiro atoms. The average Bonchev–Trinajstić information content (AvgIpc) is 3.44. The number of carboxylic acids is 1. The summed E-state index contributed by atoms with van der Waals surface area (Å²) >= 11 is 2.82. The van der Waals surface area contributed by atoms with Gasteiger partial charge in [0.1, 0.15) is 16.3 Å². The number of benzene rings is 3. The molecule has 0 fully saturated rings. The van der Waals surface area contributed by atoms with E-state index in [0.717, 1.165) is 47.0 Å². The van der Waals surface area contributed by atoms with Crippen LogP contribution in [-0.2, 0) is 33.9 Å². The minimum absolute atomic E-state index is 0.245. The van der Waals surface area contributed by atoms with Gasteiger partial charge in [-0.3, -0.25) is 19.3 Å². The number of carbonyl (C=O) groups is 3. The van der Waals surface area contributed by atoms with E-state index in [9.17, 15) is 24.8 Å². The van der Waals surface area contributed by atoms with E-state index in [1.165, 1.54) is 28.7 Å². The summed E-state index contributed by atoms with van der Waals surface area (Å²) in [6.45, 7) is 2.38. The minimum atomic E-state index is -0.980. The predicted octanol–water partition coefficient (Wildman–Crippen LogP) is 7.26. The number of nitrogens with zero attached hydrogens (tertiary/aromatic N) is 2. The van der Waals surface area contributed by atoms with Crippen LogP contribution >= 0.6 is 23.1 Å². The van der Waals surface area contributed by atoms with Crippen molar-refractivity contribution in [2.45, 2.75) is 42.5 Å². The summed E-state index contributed by atoms with van der Waals surface area (Å²) in [7, 11) is 0. The number of hydrogen-bond acceptors (Lipinski definition) is 7. The third-order valence-corrected chi connectivity index (χ3v) is 10.9. The van der Waals surface area contributed by atoms with Gasteiger partial charge in [-0.05, 0) is 54.2 Å². The highest BCUT2D eigenvalue weighted by Crippen LogP contribution is 2.41. The quantitative estimate of drug-likeness (QED) is 0.121. The molecule has 1 aliphatic heterocycles. The normalized spacial score (nSPS) is 18.0. The van der Waals surface area contributed by atoms with E-state index in [-0.39, 0.29) is 11.8 Å². The van der Waals surface area contributed by atoms with Crippen LogP contribution in [0, 0.1) is 23.2 Å². The molecule has 238 valence electrons. The van der Waals surface area contributed by atoms with E-state index in [1.54, 1.807) is 24.3 Å². The van der Waals surface area contributed by atoms with Crippen molar-refractivity contribution in [1.82, 2.24) is 4.90 Å². The summed E-state index contributed by atoms with van der Waals surface area (Å²) < 4.78 is 0. The molecule has 0 radical (unpaired) electrons. The van der Waals surface area contributed by atoms with Gasteiger partial charge in [0.15, 0.2) is 0 Å². The first-order valence-electron chi connectivity index (χ1n) is 15.5. The number of fused-ring (bicyclic) bond motifs is 1. The smallest absolute Gasteiger partial charge is 0.307 e. The highest BCUT2D eigenvalue weighted by molar-refractivity contribution is 8.00. The lowest BCUT2D eigenvalue weighted by Gasteiger charge is -2.26. The maximum atomic E-state index is 14.0. The van der Waals surface area contributed by atoms with Crippen LogP contribution in [0.2, 0.25) is 0 Å². The molecule has 0 saturated heterocycles. The number of carbonyl (C=O) groups excluding carboxylic acids is 2. The third kappa shape index (κ3) is 7.66. The first-order chi connectivity index (χ1) is 22.9. The van der Waals surface area contributed by atoms with Crippen LogP contribution in [0.3, 0.4) is 0 Å². The second-order valence-electron chi connectivity index (χ2n) is 11.7. The Kier molecular flexibility index (Phi) is 10.2. The Morgan fingerprint density at radius 1 is 0.957 bits per heavy atom. The van der Waals surface area contributed by atoms with Crippen molar-refractivity contribution < 1.29 is 19.5 Å². The van der Waals surface area contributed by atoms with Gasteiger partial charge in [-0.1, -0.05) is 78.9 Å². The van der Waals surface area contributed by atoms with Crippen molar-refractivity contribution in [3.8, 4) is 6.07 Å². The zero-order chi connectivity index (χ0) is 32.8. The van der Waals surface area contributed by atoms with E-state index >= 15 is 0 Å². The lowest BCUT2D eigenvalue weighted by molar-refractivity contribution is -0.146. The number of anilines is 2. The first-order valence-corrected chi connectivity index (χ1v) is 17.2. The van der Waals surface area contributed by atoms with Crippen LogP contribution in [0.4, 0.5) is 10.7 Å². The SMILES string of the molecule is N#Cc1c(NC(=O)C(Sc2cccc(NC(=O)C3CC=CCC3C(=O)O)c2)c2ccccc2)sc2c1CCN(Cc1ccccc1)C2. The predicted molar refractivity (Wildman–Crippen MR) is 185 cm³/mol. The van der Waals surface area contributed by atoms with E-state index in [4.69, 9.17) is 0 Å². The van der Waals surface area contributed by atoms with E-state index in [0.29, 0.717) is 29.1 Å². The molecule has 0 saturated carbocycles. The van der Waals surface area contributed by atoms with Gasteiger partial charge in [0.25, 0.3) is 0 Å². The second-order valence-corrected chi connectivity index (χ2v) is 14.0. The number of hydrogen-bond donors (Lipinski definition) is 3. The fourth-order valence-corrected chi connectivity index (χ4v) is 8.44. The van der Waals surface area contributed by atoms with Crippen molar-refractivity contribution in [3.05, 3.63) is 124 Å². The number of carboxylic acid groups (broad SMARTS) is 1. The molecular weight excluding hydrogens is 629 g/mol. The van der Waals surface area contributed by atoms with Crippen molar-refractivity contribution in [2.75, 3.05) is 17.2 Å². The molecule has 4 aromatic rings. The van der Waals surface area contributed by atoms with Crippen LogP contribution in [-0.4, -0.2) is 34.3 Å². The van der Waals surface area contributed by atoms with Gasteiger partial charge in [0.2, 0.25) is 11.8 Å². The van der Waals surface area contributed by atoms with Gasteiger partial charge in [0, 0.05) is 35.1 Å². The fraction of sp³-hybridized carbons (Fsp3) is 0.243. The Morgan fingerprint density at radius 2 is 1.68 bits per heavy atom. The number of nitriles is 1. The number of thiophene rings is 1. The van der Waals surface area contributed by atoms with Crippen LogP contribution in [0.15, 0.2) is 102 Å². The zero-order valence-electron chi connectivity index (χ0n) is 25.6. The third-order valence-electron chi connectivity index (χ3n) is 8.52. The summed E-state index contributed by atoms with van der Waals surface area (Å²) in [5.41, 5.74) is 4.13. The number of rotatable bonds is 10. The molecule has 3 aromatic carbocycles. The van der Waals surface area contributed by atoms with Crippen molar-refractivity contribution in [2.24, 2.45) is 11.8 Å². The molecule has 2 aliphatic rings. The highest BCUT2D eigenvalue weighted by Gasteiger charge is 2.34. The van der Waals surface area contributed by atoms with Gasteiger partial charge < -0.3 is 15.7 Å². The van der Waals surface area contributed by atoms with Gasteiger partial charge in [-0.2, -0.15) is 5.26 Å². The largest absolute Gasteiger partial charge is 0.481 e. The van der Waals surface area contributed by atoms with Crippen LogP contribution in [0.5, 0.6) is 0 Å². The molecule has 3 unspecified atom stereocenters. The molecular formula is C37H34N4O4S2. The molecule has 2 amide bonds. The number of amides is 2. The van der Waals surface area contributed by atoms with Crippen LogP contribution in [0.25, 0.3) is 0 Å². The maximum Gasteiger partial charge on any atom is 0.307 e. The van der Waals surface area contributed by atoms with E-state index < -0.39 is 23.1 Å². The fourth-order valence-electron chi connectivity index (χ4n) is 6.11. The van der Waals surface area contributed by atoms with Crippen molar-refractivity contribution in [3.63, 3.8) is 0 Å². The number of nitrogens with one attached hydrogen (secondary N) is 2. The second kappa shape index (κ2) is 14.8. The van der Waals surface area contributed by atoms with E-state index in [1.807, 2.05) is 60.7 Å². The maximum absolute atomic E-state index is 14.0. The van der Waals surface area contributed by atoms with Gasteiger partial charge >= 0.3 is 5.97 Å². The molecule has 47 heavy (non-hydrogen) atoms. The summed E-state index contributed by atoms with van der Waals surface area (Å²) in [5, 5.41) is 25.7. The monoisotopic (exact) mass is 662 g/mol. The Labute approximate surface area is 282 Å². The zero-order valence-corrected chi connectivity index (χ0v) is 27.2. The number of aliphatic carboxylic acids is 1. The van der Waals surface area contributed by atoms with Crippen molar-refractivity contribution >= 4 is 51.6 Å². The molecule has 0 bridgehead atoms. The van der Waals surface area contributed by atoms with Gasteiger partial charge in [0.05, 0.1) is 17.4 Å². The molecule has 1 aliphatic carbocycles. The lowest BCUT2D eigenvalue weighted by atomic mass is 9.82. The number of allylic oxidation sites excluding steroid dienone is 2. The molecule has 1 aromatic heterocycles. The summed E-state index contributed by atoms with van der Waals surface area (Å²) in [5.74, 6) is -2.99. The van der Waals surface area contributed by atoms with Gasteiger partial charge in [-0.15, -0.1) is 23.1 Å². The minimum Gasteiger partial charge on any atom is -0.481 e. The van der Waals surface area contributed by atoms with Crippen LogP contribution < -0.4 is 10.6 Å². The first kappa shape index (κ1) is 32.3. The molecule has 10 heteroatoms. The Hall–Kier alpha value is -4.69. The van der Waals surface area contributed by atoms with E-state index in [2.05, 4.69) is 33.7 Å². The molecule has 8 nitrogen and oxygen atoms in total. The topological polar surface area (TPSA) is 123 Å². The summed E-state index contributed by atoms with van der Waals surface area (Å²) in [6.07, 6.45) is 5.10. The Morgan fingerprint density at radius 3 is 2.40 bits per heavy atom. The summed E-state index contributed by atoms with van der Waals surface area (Å²) in [4.78, 5) is 43.0.